The highest BCUT2D eigenvalue weighted by molar-refractivity contribution is 6.06. The standard InChI is InChI=1S/C14H19N3O3/c15-8-2-1-3-12(16)14(20)17-13(19)11-6-4-10(9-18)5-7-11/h4-7,9,12H,1-3,8,15-16H2,(H,17,19,20)/t12-/m0/s1. The van der Waals surface area contributed by atoms with Gasteiger partial charge in [0.15, 0.2) is 0 Å². The molecule has 6 nitrogen and oxygen atoms in total. The van der Waals surface area contributed by atoms with Gasteiger partial charge in [0.05, 0.1) is 6.04 Å². The molecule has 1 aromatic carbocycles. The Labute approximate surface area is 117 Å². The molecule has 0 aliphatic heterocycles. The molecule has 6 heteroatoms. The predicted octanol–water partition coefficient (Wildman–Crippen LogP) is 0.212. The van der Waals surface area contributed by atoms with E-state index in [1.807, 2.05) is 0 Å². The summed E-state index contributed by atoms with van der Waals surface area (Å²) in [5, 5.41) is 2.24. The molecule has 0 saturated heterocycles. The van der Waals surface area contributed by atoms with E-state index in [0.29, 0.717) is 30.4 Å². The van der Waals surface area contributed by atoms with Gasteiger partial charge in [-0.05, 0) is 31.5 Å². The highest BCUT2D eigenvalue weighted by atomic mass is 16.2. The van der Waals surface area contributed by atoms with Crippen molar-refractivity contribution in [3.05, 3.63) is 35.4 Å². The lowest BCUT2D eigenvalue weighted by molar-refractivity contribution is -0.121. The first kappa shape index (κ1) is 16.0. The lowest BCUT2D eigenvalue weighted by Gasteiger charge is -2.11. The number of aldehydes is 1. The summed E-state index contributed by atoms with van der Waals surface area (Å²) < 4.78 is 0. The monoisotopic (exact) mass is 277 g/mol. The largest absolute Gasteiger partial charge is 0.330 e. The van der Waals surface area contributed by atoms with Crippen molar-refractivity contribution in [3.8, 4) is 0 Å². The van der Waals surface area contributed by atoms with E-state index in [0.717, 1.165) is 12.8 Å². The van der Waals surface area contributed by atoms with Gasteiger partial charge in [0.1, 0.15) is 6.29 Å². The first-order valence-electron chi connectivity index (χ1n) is 6.44. The summed E-state index contributed by atoms with van der Waals surface area (Å²) in [7, 11) is 0. The number of amides is 2. The summed E-state index contributed by atoms with van der Waals surface area (Å²) in [5.41, 5.74) is 11.8. The fraction of sp³-hybridized carbons (Fsp3) is 0.357. The van der Waals surface area contributed by atoms with E-state index in [1.54, 1.807) is 0 Å². The lowest BCUT2D eigenvalue weighted by Crippen LogP contribution is -2.43. The van der Waals surface area contributed by atoms with Gasteiger partial charge < -0.3 is 11.5 Å². The summed E-state index contributed by atoms with van der Waals surface area (Å²) in [6.45, 7) is 0.552. The second-order valence-electron chi connectivity index (χ2n) is 4.45. The summed E-state index contributed by atoms with van der Waals surface area (Å²) in [4.78, 5) is 34.0. The third-order valence-corrected chi connectivity index (χ3v) is 2.85. The summed E-state index contributed by atoms with van der Waals surface area (Å²) in [6.07, 6.45) is 2.70. The highest BCUT2D eigenvalue weighted by Gasteiger charge is 2.16. The van der Waals surface area contributed by atoms with Gasteiger partial charge >= 0.3 is 0 Å². The van der Waals surface area contributed by atoms with Gasteiger partial charge in [0, 0.05) is 11.1 Å². The van der Waals surface area contributed by atoms with E-state index in [1.165, 1.54) is 24.3 Å². The molecule has 0 spiro atoms. The molecular weight excluding hydrogens is 258 g/mol. The van der Waals surface area contributed by atoms with Crippen molar-refractivity contribution in [2.24, 2.45) is 11.5 Å². The molecule has 108 valence electrons. The molecular formula is C14H19N3O3. The lowest BCUT2D eigenvalue weighted by atomic mass is 10.1. The number of carbonyl (C=O) groups is 3. The number of hydrogen-bond donors (Lipinski definition) is 3. The zero-order valence-electron chi connectivity index (χ0n) is 11.2. The van der Waals surface area contributed by atoms with Crippen LogP contribution in [0, 0.1) is 0 Å². The van der Waals surface area contributed by atoms with Gasteiger partial charge in [0.25, 0.3) is 5.91 Å². The molecule has 0 aliphatic carbocycles. The topological polar surface area (TPSA) is 115 Å². The SMILES string of the molecule is NCCCC[C@H](N)C(=O)NC(=O)c1ccc(C=O)cc1. The van der Waals surface area contributed by atoms with Crippen LogP contribution in [0.3, 0.4) is 0 Å². The molecule has 0 aromatic heterocycles. The van der Waals surface area contributed by atoms with Gasteiger partial charge in [-0.25, -0.2) is 0 Å². The Morgan fingerprint density at radius 3 is 2.40 bits per heavy atom. The zero-order chi connectivity index (χ0) is 15.0. The van der Waals surface area contributed by atoms with Crippen LogP contribution in [0.4, 0.5) is 0 Å². The fourth-order valence-corrected chi connectivity index (χ4v) is 1.63. The summed E-state index contributed by atoms with van der Waals surface area (Å²) >= 11 is 0. The Bertz CT molecular complexity index is 471. The minimum atomic E-state index is -0.722. The normalized spacial score (nSPS) is 11.7. The number of rotatable bonds is 7. The average Bonchev–Trinajstić information content (AvgIpc) is 2.47. The van der Waals surface area contributed by atoms with Crippen LogP contribution in [-0.4, -0.2) is 30.7 Å². The van der Waals surface area contributed by atoms with Crippen LogP contribution in [0.2, 0.25) is 0 Å². The van der Waals surface area contributed by atoms with Gasteiger partial charge in [0.2, 0.25) is 5.91 Å². The molecule has 0 fully saturated rings. The van der Waals surface area contributed by atoms with E-state index >= 15 is 0 Å². The predicted molar refractivity (Wildman–Crippen MR) is 75.2 cm³/mol. The fourth-order valence-electron chi connectivity index (χ4n) is 1.63. The number of nitrogens with two attached hydrogens (primary N) is 2. The molecule has 1 aromatic rings. The first-order valence-corrected chi connectivity index (χ1v) is 6.44. The average molecular weight is 277 g/mol. The molecule has 0 unspecified atom stereocenters. The number of benzene rings is 1. The zero-order valence-corrected chi connectivity index (χ0v) is 11.2. The highest BCUT2D eigenvalue weighted by Crippen LogP contribution is 2.03. The van der Waals surface area contributed by atoms with Crippen LogP contribution in [0.1, 0.15) is 40.0 Å². The van der Waals surface area contributed by atoms with E-state index in [-0.39, 0.29) is 0 Å². The minimum Gasteiger partial charge on any atom is -0.330 e. The second kappa shape index (κ2) is 8.19. The van der Waals surface area contributed by atoms with E-state index in [4.69, 9.17) is 11.5 Å². The Morgan fingerprint density at radius 1 is 1.20 bits per heavy atom. The second-order valence-corrected chi connectivity index (χ2v) is 4.45. The van der Waals surface area contributed by atoms with Gasteiger partial charge in [-0.1, -0.05) is 18.6 Å². The Kier molecular flexibility index (Phi) is 6.55. The van der Waals surface area contributed by atoms with Crippen molar-refractivity contribution >= 4 is 18.1 Å². The van der Waals surface area contributed by atoms with Crippen LogP contribution in [0.25, 0.3) is 0 Å². The smallest absolute Gasteiger partial charge is 0.257 e. The number of nitrogens with one attached hydrogen (secondary N) is 1. The van der Waals surface area contributed by atoms with Crippen molar-refractivity contribution in [1.82, 2.24) is 5.32 Å². The van der Waals surface area contributed by atoms with E-state index < -0.39 is 17.9 Å². The van der Waals surface area contributed by atoms with Crippen molar-refractivity contribution < 1.29 is 14.4 Å². The Balaban J connectivity index is 2.51. The number of carbonyl (C=O) groups excluding carboxylic acids is 3. The van der Waals surface area contributed by atoms with Gasteiger partial charge in [-0.3, -0.25) is 19.7 Å². The maximum atomic E-state index is 11.8. The Morgan fingerprint density at radius 2 is 1.85 bits per heavy atom. The van der Waals surface area contributed by atoms with Crippen molar-refractivity contribution in [2.45, 2.75) is 25.3 Å². The molecule has 0 heterocycles. The summed E-state index contributed by atoms with van der Waals surface area (Å²) in [6, 6.07) is 5.25. The molecule has 5 N–H and O–H groups in total. The molecule has 0 radical (unpaired) electrons. The molecule has 1 atom stereocenters. The van der Waals surface area contributed by atoms with Crippen LogP contribution in [-0.2, 0) is 4.79 Å². The molecule has 0 aliphatic rings. The van der Waals surface area contributed by atoms with Crippen molar-refractivity contribution in [3.63, 3.8) is 0 Å². The third kappa shape index (κ3) is 4.91. The van der Waals surface area contributed by atoms with E-state index in [9.17, 15) is 14.4 Å². The summed E-state index contributed by atoms with van der Waals surface area (Å²) in [5.74, 6) is -1.03. The van der Waals surface area contributed by atoms with Crippen LogP contribution >= 0.6 is 0 Å². The molecule has 0 bridgehead atoms. The number of imide groups is 1. The maximum Gasteiger partial charge on any atom is 0.257 e. The van der Waals surface area contributed by atoms with Crippen molar-refractivity contribution in [2.75, 3.05) is 6.54 Å². The number of unbranched alkanes of at least 4 members (excludes halogenated alkanes) is 1. The quantitative estimate of drug-likeness (QED) is 0.487. The van der Waals surface area contributed by atoms with Crippen LogP contribution < -0.4 is 16.8 Å². The van der Waals surface area contributed by atoms with Crippen LogP contribution in [0.15, 0.2) is 24.3 Å². The number of hydrogen-bond acceptors (Lipinski definition) is 5. The molecule has 2 amide bonds. The minimum absolute atomic E-state index is 0.304. The van der Waals surface area contributed by atoms with Gasteiger partial charge in [-0.2, -0.15) is 0 Å². The molecule has 0 saturated carbocycles. The maximum absolute atomic E-state index is 11.8. The van der Waals surface area contributed by atoms with E-state index in [2.05, 4.69) is 5.32 Å². The molecule has 1 rings (SSSR count). The third-order valence-electron chi connectivity index (χ3n) is 2.85. The Hall–Kier alpha value is -2.05. The first-order chi connectivity index (χ1) is 9.58. The molecule has 20 heavy (non-hydrogen) atoms. The van der Waals surface area contributed by atoms with Crippen LogP contribution in [0.5, 0.6) is 0 Å². The van der Waals surface area contributed by atoms with Gasteiger partial charge in [-0.15, -0.1) is 0 Å². The van der Waals surface area contributed by atoms with Crippen molar-refractivity contribution in [1.29, 1.82) is 0 Å².